The van der Waals surface area contributed by atoms with Crippen LogP contribution in [0.15, 0.2) is 60.8 Å². The highest BCUT2D eigenvalue weighted by Crippen LogP contribution is 2.30. The molecule has 0 saturated carbocycles. The zero-order valence-corrected chi connectivity index (χ0v) is 16.0. The van der Waals surface area contributed by atoms with Crippen LogP contribution in [0, 0.1) is 0 Å². The van der Waals surface area contributed by atoms with E-state index in [1.807, 2.05) is 36.4 Å². The zero-order chi connectivity index (χ0) is 20.7. The second kappa shape index (κ2) is 7.11. The van der Waals surface area contributed by atoms with Crippen molar-refractivity contribution in [3.8, 4) is 0 Å². The Bertz CT molecular complexity index is 1270. The van der Waals surface area contributed by atoms with Gasteiger partial charge in [-0.3, -0.25) is 24.4 Å². The van der Waals surface area contributed by atoms with Gasteiger partial charge in [0.05, 0.1) is 17.4 Å². The summed E-state index contributed by atoms with van der Waals surface area (Å²) in [6, 6.07) is 16.4. The SMILES string of the molecule is O=C(CCCN1C(=O)c2cccc3cccc(c23)C1=O)Nc1cccc2cn[nH]c12. The molecule has 0 unspecified atom stereocenters. The lowest BCUT2D eigenvalue weighted by Crippen LogP contribution is -2.41. The fourth-order valence-electron chi connectivity index (χ4n) is 3.97. The zero-order valence-electron chi connectivity index (χ0n) is 16.0. The van der Waals surface area contributed by atoms with Crippen molar-refractivity contribution in [1.82, 2.24) is 15.1 Å². The van der Waals surface area contributed by atoms with Gasteiger partial charge in [-0.15, -0.1) is 0 Å². The predicted octanol–water partition coefficient (Wildman–Crippen LogP) is 3.73. The van der Waals surface area contributed by atoms with Crippen molar-refractivity contribution in [2.45, 2.75) is 12.8 Å². The van der Waals surface area contributed by atoms with Gasteiger partial charge in [0, 0.05) is 34.9 Å². The van der Waals surface area contributed by atoms with Crippen molar-refractivity contribution in [2.75, 3.05) is 11.9 Å². The molecule has 2 N–H and O–H groups in total. The number of aromatic amines is 1. The second-order valence-corrected chi connectivity index (χ2v) is 7.26. The Morgan fingerprint density at radius 2 is 1.60 bits per heavy atom. The second-order valence-electron chi connectivity index (χ2n) is 7.26. The van der Waals surface area contributed by atoms with Crippen LogP contribution in [0.5, 0.6) is 0 Å². The lowest BCUT2D eigenvalue weighted by atomic mass is 9.94. The van der Waals surface area contributed by atoms with Crippen LogP contribution in [0.2, 0.25) is 0 Å². The molecule has 5 rings (SSSR count). The van der Waals surface area contributed by atoms with Gasteiger partial charge in [0.1, 0.15) is 0 Å². The maximum absolute atomic E-state index is 12.9. The number of hydrogen-bond donors (Lipinski definition) is 2. The normalized spacial score (nSPS) is 13.3. The van der Waals surface area contributed by atoms with Crippen LogP contribution < -0.4 is 5.32 Å². The molecule has 0 aliphatic carbocycles. The molecule has 1 aliphatic rings. The number of fused-ring (bicyclic) bond motifs is 1. The van der Waals surface area contributed by atoms with Gasteiger partial charge in [-0.2, -0.15) is 5.10 Å². The van der Waals surface area contributed by atoms with E-state index in [4.69, 9.17) is 0 Å². The summed E-state index contributed by atoms with van der Waals surface area (Å²) in [4.78, 5) is 39.4. The van der Waals surface area contributed by atoms with E-state index in [2.05, 4.69) is 15.5 Å². The van der Waals surface area contributed by atoms with Gasteiger partial charge in [-0.25, -0.2) is 0 Å². The molecule has 0 bridgehead atoms. The number of hydrogen-bond acceptors (Lipinski definition) is 4. The van der Waals surface area contributed by atoms with Gasteiger partial charge in [0.25, 0.3) is 11.8 Å². The number of imide groups is 1. The van der Waals surface area contributed by atoms with E-state index in [9.17, 15) is 14.4 Å². The van der Waals surface area contributed by atoms with E-state index in [0.29, 0.717) is 28.6 Å². The van der Waals surface area contributed by atoms with Gasteiger partial charge in [-0.1, -0.05) is 36.4 Å². The van der Waals surface area contributed by atoms with E-state index in [1.165, 1.54) is 4.90 Å². The standard InChI is InChI=1S/C23H18N4O3/c28-19(25-18-10-3-7-15-13-24-26-21(15)18)11-4-12-27-22(29)16-8-1-5-14-6-2-9-17(20(14)16)23(27)30/h1-3,5-10,13H,4,11-12H2,(H,24,26)(H,25,28). The van der Waals surface area contributed by atoms with Crippen molar-refractivity contribution >= 4 is 45.1 Å². The van der Waals surface area contributed by atoms with E-state index in [1.54, 1.807) is 24.4 Å². The molecular formula is C23H18N4O3. The van der Waals surface area contributed by atoms with Crippen LogP contribution in [0.4, 0.5) is 5.69 Å². The number of carbonyl (C=O) groups is 3. The summed E-state index contributed by atoms with van der Waals surface area (Å²) < 4.78 is 0. The number of aromatic nitrogens is 2. The summed E-state index contributed by atoms with van der Waals surface area (Å²) in [6.07, 6.45) is 2.25. The largest absolute Gasteiger partial charge is 0.324 e. The van der Waals surface area contributed by atoms with Gasteiger partial charge in [-0.05, 0) is 30.0 Å². The van der Waals surface area contributed by atoms with Crippen LogP contribution >= 0.6 is 0 Å². The molecule has 0 fully saturated rings. The first-order valence-electron chi connectivity index (χ1n) is 9.73. The Morgan fingerprint density at radius 3 is 2.33 bits per heavy atom. The summed E-state index contributed by atoms with van der Waals surface area (Å²) in [6.45, 7) is 0.185. The van der Waals surface area contributed by atoms with Crippen molar-refractivity contribution in [3.63, 3.8) is 0 Å². The third-order valence-corrected chi connectivity index (χ3v) is 5.39. The highest BCUT2D eigenvalue weighted by Gasteiger charge is 2.32. The summed E-state index contributed by atoms with van der Waals surface area (Å²) in [5.74, 6) is -0.810. The summed E-state index contributed by atoms with van der Waals surface area (Å²) in [5, 5.41) is 12.2. The first-order chi connectivity index (χ1) is 14.6. The van der Waals surface area contributed by atoms with Crippen molar-refractivity contribution in [2.24, 2.45) is 0 Å². The highest BCUT2D eigenvalue weighted by molar-refractivity contribution is 6.25. The van der Waals surface area contributed by atoms with E-state index >= 15 is 0 Å². The Labute approximate surface area is 171 Å². The number of rotatable bonds is 5. The average Bonchev–Trinajstić information content (AvgIpc) is 3.24. The molecular weight excluding hydrogens is 380 g/mol. The van der Waals surface area contributed by atoms with E-state index in [0.717, 1.165) is 16.3 Å². The fraction of sp³-hybridized carbons (Fsp3) is 0.130. The predicted molar refractivity (Wildman–Crippen MR) is 113 cm³/mol. The van der Waals surface area contributed by atoms with Crippen LogP contribution in [0.1, 0.15) is 33.6 Å². The molecule has 2 heterocycles. The molecule has 0 radical (unpaired) electrons. The Kier molecular flexibility index (Phi) is 4.28. The molecule has 3 amide bonds. The number of nitrogens with one attached hydrogen (secondary N) is 2. The van der Waals surface area contributed by atoms with E-state index in [-0.39, 0.29) is 30.7 Å². The average molecular weight is 398 g/mol. The first-order valence-corrected chi connectivity index (χ1v) is 9.73. The lowest BCUT2D eigenvalue weighted by molar-refractivity contribution is -0.116. The molecule has 0 spiro atoms. The van der Waals surface area contributed by atoms with Crippen molar-refractivity contribution < 1.29 is 14.4 Å². The number of amides is 3. The van der Waals surface area contributed by atoms with Crippen molar-refractivity contribution in [1.29, 1.82) is 0 Å². The molecule has 3 aromatic carbocycles. The minimum absolute atomic E-state index is 0.184. The molecule has 148 valence electrons. The Balaban J connectivity index is 1.28. The number of para-hydroxylation sites is 1. The first kappa shape index (κ1) is 18.1. The minimum atomic E-state index is -0.313. The summed E-state index contributed by atoms with van der Waals surface area (Å²) >= 11 is 0. The fourth-order valence-corrected chi connectivity index (χ4v) is 3.97. The molecule has 7 heteroatoms. The number of nitrogens with zero attached hydrogens (tertiary/aromatic N) is 2. The molecule has 0 atom stereocenters. The van der Waals surface area contributed by atoms with Gasteiger partial charge in [0.15, 0.2) is 0 Å². The monoisotopic (exact) mass is 398 g/mol. The summed E-state index contributed by atoms with van der Waals surface area (Å²) in [5.41, 5.74) is 2.47. The van der Waals surface area contributed by atoms with Gasteiger partial charge >= 0.3 is 0 Å². The molecule has 4 aromatic rings. The number of anilines is 1. The maximum atomic E-state index is 12.9. The molecule has 7 nitrogen and oxygen atoms in total. The quantitative estimate of drug-likeness (QED) is 0.501. The molecule has 30 heavy (non-hydrogen) atoms. The Morgan fingerprint density at radius 1 is 0.933 bits per heavy atom. The smallest absolute Gasteiger partial charge is 0.261 e. The molecule has 1 aliphatic heterocycles. The summed E-state index contributed by atoms with van der Waals surface area (Å²) in [7, 11) is 0. The third-order valence-electron chi connectivity index (χ3n) is 5.39. The highest BCUT2D eigenvalue weighted by atomic mass is 16.2. The minimum Gasteiger partial charge on any atom is -0.324 e. The van der Waals surface area contributed by atoms with Gasteiger partial charge in [0.2, 0.25) is 5.91 Å². The van der Waals surface area contributed by atoms with Crippen LogP contribution in [0.3, 0.4) is 0 Å². The van der Waals surface area contributed by atoms with Crippen LogP contribution in [-0.4, -0.2) is 39.4 Å². The topological polar surface area (TPSA) is 95.2 Å². The Hall–Kier alpha value is -4.00. The van der Waals surface area contributed by atoms with Crippen LogP contribution in [-0.2, 0) is 4.79 Å². The molecule has 0 saturated heterocycles. The number of benzene rings is 3. The maximum Gasteiger partial charge on any atom is 0.261 e. The number of H-pyrrole nitrogens is 1. The molecule has 1 aromatic heterocycles. The van der Waals surface area contributed by atoms with Crippen molar-refractivity contribution in [3.05, 3.63) is 71.9 Å². The lowest BCUT2D eigenvalue weighted by Gasteiger charge is -2.27. The van der Waals surface area contributed by atoms with Gasteiger partial charge < -0.3 is 5.32 Å². The number of carbonyl (C=O) groups excluding carboxylic acids is 3. The van der Waals surface area contributed by atoms with E-state index < -0.39 is 0 Å². The van der Waals surface area contributed by atoms with Crippen LogP contribution in [0.25, 0.3) is 21.7 Å². The third kappa shape index (κ3) is 2.91.